The smallest absolute Gasteiger partial charge is 0.322 e. The lowest BCUT2D eigenvalue weighted by Crippen LogP contribution is -2.49. The fraction of sp³-hybridized carbons (Fsp3) is 0.500. The summed E-state index contributed by atoms with van der Waals surface area (Å²) in [5, 5.41) is 13.5. The van der Waals surface area contributed by atoms with Gasteiger partial charge in [-0.2, -0.15) is 0 Å². The summed E-state index contributed by atoms with van der Waals surface area (Å²) >= 11 is 11.8. The van der Waals surface area contributed by atoms with E-state index >= 15 is 0 Å². The van der Waals surface area contributed by atoms with Crippen LogP contribution >= 0.6 is 23.2 Å². The van der Waals surface area contributed by atoms with Crippen LogP contribution in [0.2, 0.25) is 10.0 Å². The molecule has 108 valence electrons. The lowest BCUT2D eigenvalue weighted by molar-refractivity contribution is 0.0580. The number of hydrogen-bond acceptors (Lipinski definition) is 2. The largest absolute Gasteiger partial charge is 0.393 e. The van der Waals surface area contributed by atoms with Crippen LogP contribution in [0.3, 0.4) is 0 Å². The third-order valence-corrected chi connectivity index (χ3v) is 4.85. The predicted octanol–water partition coefficient (Wildman–Crippen LogP) is 3.51. The molecular formula is C14H16Cl2N2O2. The quantitative estimate of drug-likeness (QED) is 0.833. The predicted molar refractivity (Wildman–Crippen MR) is 79.4 cm³/mol. The molecule has 6 heteroatoms. The highest BCUT2D eigenvalue weighted by molar-refractivity contribution is 6.42. The molecule has 0 aromatic heterocycles. The van der Waals surface area contributed by atoms with Gasteiger partial charge in [0.2, 0.25) is 0 Å². The molecule has 1 aromatic rings. The summed E-state index contributed by atoms with van der Waals surface area (Å²) in [7, 11) is 0. The highest BCUT2D eigenvalue weighted by atomic mass is 35.5. The van der Waals surface area contributed by atoms with Gasteiger partial charge in [-0.15, -0.1) is 0 Å². The van der Waals surface area contributed by atoms with E-state index in [2.05, 4.69) is 5.32 Å². The molecule has 3 rings (SSSR count). The standard InChI is InChI=1S/C14H16Cl2N2O2/c15-12-4-1-8(5-13(12)16)17-14(20)18-9-2-3-10(18)7-11(19)6-9/h1,4-5,9-11,19H,2-3,6-7H2,(H,17,20). The Morgan fingerprint density at radius 1 is 1.20 bits per heavy atom. The lowest BCUT2D eigenvalue weighted by Gasteiger charge is -2.37. The van der Waals surface area contributed by atoms with E-state index in [9.17, 15) is 9.90 Å². The Balaban J connectivity index is 1.72. The monoisotopic (exact) mass is 314 g/mol. The number of anilines is 1. The van der Waals surface area contributed by atoms with Gasteiger partial charge in [0, 0.05) is 17.8 Å². The minimum Gasteiger partial charge on any atom is -0.393 e. The Morgan fingerprint density at radius 3 is 2.45 bits per heavy atom. The van der Waals surface area contributed by atoms with Crippen molar-refractivity contribution in [2.45, 2.75) is 43.9 Å². The number of nitrogens with zero attached hydrogens (tertiary/aromatic N) is 1. The summed E-state index contributed by atoms with van der Waals surface area (Å²) in [4.78, 5) is 14.3. The van der Waals surface area contributed by atoms with Gasteiger partial charge >= 0.3 is 6.03 Å². The zero-order valence-electron chi connectivity index (χ0n) is 10.9. The second-order valence-electron chi connectivity index (χ2n) is 5.48. The van der Waals surface area contributed by atoms with Crippen molar-refractivity contribution in [1.29, 1.82) is 0 Å². The normalized spacial score (nSPS) is 28.6. The van der Waals surface area contributed by atoms with Crippen molar-refractivity contribution in [3.05, 3.63) is 28.2 Å². The number of hydrogen-bond donors (Lipinski definition) is 2. The number of carbonyl (C=O) groups is 1. The van der Waals surface area contributed by atoms with Crippen molar-refractivity contribution < 1.29 is 9.90 Å². The average Bonchev–Trinajstić information content (AvgIpc) is 2.66. The molecule has 0 spiro atoms. The highest BCUT2D eigenvalue weighted by Gasteiger charge is 2.42. The number of rotatable bonds is 1. The van der Waals surface area contributed by atoms with Gasteiger partial charge in [0.05, 0.1) is 16.1 Å². The van der Waals surface area contributed by atoms with Crippen LogP contribution in [0.25, 0.3) is 0 Å². The SMILES string of the molecule is O=C(Nc1ccc(Cl)c(Cl)c1)N1C2CCC1CC(O)C2. The maximum Gasteiger partial charge on any atom is 0.322 e. The van der Waals surface area contributed by atoms with Gasteiger partial charge in [-0.05, 0) is 43.9 Å². The number of halogens is 2. The molecule has 2 atom stereocenters. The highest BCUT2D eigenvalue weighted by Crippen LogP contribution is 2.36. The van der Waals surface area contributed by atoms with Crippen molar-refractivity contribution in [2.75, 3.05) is 5.32 Å². The van der Waals surface area contributed by atoms with Gasteiger partial charge in [-0.25, -0.2) is 4.79 Å². The first-order valence-electron chi connectivity index (χ1n) is 6.77. The zero-order chi connectivity index (χ0) is 14.3. The van der Waals surface area contributed by atoms with Crippen molar-refractivity contribution in [3.8, 4) is 0 Å². The molecule has 2 N–H and O–H groups in total. The lowest BCUT2D eigenvalue weighted by atomic mass is 10.0. The fourth-order valence-electron chi connectivity index (χ4n) is 3.24. The number of benzene rings is 1. The van der Waals surface area contributed by atoms with Crippen LogP contribution < -0.4 is 5.32 Å². The summed E-state index contributed by atoms with van der Waals surface area (Å²) in [6.07, 6.45) is 3.01. The first-order chi connectivity index (χ1) is 9.54. The van der Waals surface area contributed by atoms with Crippen LogP contribution in [0, 0.1) is 0 Å². The fourth-order valence-corrected chi connectivity index (χ4v) is 3.54. The van der Waals surface area contributed by atoms with E-state index in [4.69, 9.17) is 23.2 Å². The van der Waals surface area contributed by atoms with Gasteiger partial charge in [0.15, 0.2) is 0 Å². The molecule has 2 unspecified atom stereocenters. The second-order valence-corrected chi connectivity index (χ2v) is 6.29. The number of fused-ring (bicyclic) bond motifs is 2. The van der Waals surface area contributed by atoms with E-state index < -0.39 is 0 Å². The summed E-state index contributed by atoms with van der Waals surface area (Å²) in [5.41, 5.74) is 0.634. The number of aliphatic hydroxyl groups excluding tert-OH is 1. The molecule has 0 saturated carbocycles. The first-order valence-corrected chi connectivity index (χ1v) is 7.52. The van der Waals surface area contributed by atoms with E-state index in [1.54, 1.807) is 18.2 Å². The maximum atomic E-state index is 12.4. The minimum absolute atomic E-state index is 0.122. The molecule has 2 aliphatic heterocycles. The van der Waals surface area contributed by atoms with Crippen molar-refractivity contribution in [3.63, 3.8) is 0 Å². The third-order valence-electron chi connectivity index (χ3n) is 4.11. The van der Waals surface area contributed by atoms with E-state index in [1.165, 1.54) is 0 Å². The van der Waals surface area contributed by atoms with Crippen LogP contribution in [0.15, 0.2) is 18.2 Å². The Kier molecular flexibility index (Phi) is 3.80. The number of nitrogens with one attached hydrogen (secondary N) is 1. The molecular weight excluding hydrogens is 299 g/mol. The van der Waals surface area contributed by atoms with E-state index in [1.807, 2.05) is 4.90 Å². The minimum atomic E-state index is -0.276. The average molecular weight is 315 g/mol. The van der Waals surface area contributed by atoms with Crippen molar-refractivity contribution >= 4 is 34.9 Å². The summed E-state index contributed by atoms with van der Waals surface area (Å²) in [6.45, 7) is 0. The van der Waals surface area contributed by atoms with E-state index in [-0.39, 0.29) is 24.2 Å². The molecule has 0 aliphatic carbocycles. The molecule has 2 amide bonds. The molecule has 4 nitrogen and oxygen atoms in total. The Labute approximate surface area is 127 Å². The van der Waals surface area contributed by atoms with Crippen LogP contribution in [0.4, 0.5) is 10.5 Å². The van der Waals surface area contributed by atoms with Crippen LogP contribution in [0.1, 0.15) is 25.7 Å². The van der Waals surface area contributed by atoms with E-state index in [0.717, 1.165) is 12.8 Å². The molecule has 0 radical (unpaired) electrons. The molecule has 2 saturated heterocycles. The summed E-state index contributed by atoms with van der Waals surface area (Å²) < 4.78 is 0. The van der Waals surface area contributed by atoms with Gasteiger partial charge in [0.25, 0.3) is 0 Å². The Bertz CT molecular complexity index is 524. The Morgan fingerprint density at radius 2 is 1.85 bits per heavy atom. The van der Waals surface area contributed by atoms with Crippen molar-refractivity contribution in [1.82, 2.24) is 4.90 Å². The molecule has 2 bridgehead atoms. The first kappa shape index (κ1) is 14.0. The van der Waals surface area contributed by atoms with Gasteiger partial charge in [-0.3, -0.25) is 0 Å². The molecule has 2 aliphatic rings. The maximum absolute atomic E-state index is 12.4. The van der Waals surface area contributed by atoms with Gasteiger partial charge < -0.3 is 15.3 Å². The van der Waals surface area contributed by atoms with Crippen molar-refractivity contribution in [2.24, 2.45) is 0 Å². The zero-order valence-corrected chi connectivity index (χ0v) is 12.4. The number of piperidine rings is 1. The third kappa shape index (κ3) is 2.60. The van der Waals surface area contributed by atoms with Crippen LogP contribution in [0.5, 0.6) is 0 Å². The van der Waals surface area contributed by atoms with Crippen LogP contribution in [-0.2, 0) is 0 Å². The van der Waals surface area contributed by atoms with Crippen LogP contribution in [-0.4, -0.2) is 34.2 Å². The summed E-state index contributed by atoms with van der Waals surface area (Å²) in [6, 6.07) is 5.20. The topological polar surface area (TPSA) is 52.6 Å². The van der Waals surface area contributed by atoms with Gasteiger partial charge in [-0.1, -0.05) is 23.2 Å². The number of urea groups is 1. The number of aliphatic hydroxyl groups is 1. The molecule has 2 fully saturated rings. The number of amides is 2. The molecule has 20 heavy (non-hydrogen) atoms. The number of carbonyl (C=O) groups excluding carboxylic acids is 1. The second kappa shape index (κ2) is 5.43. The summed E-state index contributed by atoms with van der Waals surface area (Å²) in [5.74, 6) is 0. The van der Waals surface area contributed by atoms with Gasteiger partial charge in [0.1, 0.15) is 0 Å². The molecule has 1 aromatic carbocycles. The van der Waals surface area contributed by atoms with E-state index in [0.29, 0.717) is 28.6 Å². The Hall–Kier alpha value is -0.970. The molecule has 2 heterocycles.